The zero-order valence-electron chi connectivity index (χ0n) is 11.0. The maximum Gasteiger partial charge on any atom is 0.277 e. The van der Waals surface area contributed by atoms with Gasteiger partial charge in [0.25, 0.3) is 5.69 Å². The van der Waals surface area contributed by atoms with Crippen LogP contribution in [0.15, 0.2) is 30.6 Å². The summed E-state index contributed by atoms with van der Waals surface area (Å²) in [4.78, 5) is 17.1. The molecule has 104 valence electrons. The summed E-state index contributed by atoms with van der Waals surface area (Å²) in [5, 5.41) is 12.5. The molecule has 1 atom stereocenters. The summed E-state index contributed by atoms with van der Waals surface area (Å²) in [6.45, 7) is 1.71. The summed E-state index contributed by atoms with van der Waals surface area (Å²) in [7, 11) is 0. The van der Waals surface area contributed by atoms with Gasteiger partial charge in [0.1, 0.15) is 0 Å². The van der Waals surface area contributed by atoms with Gasteiger partial charge in [-0.2, -0.15) is 0 Å². The first-order chi connectivity index (χ1) is 9.66. The van der Waals surface area contributed by atoms with Gasteiger partial charge in [-0.05, 0) is 25.0 Å². The van der Waals surface area contributed by atoms with Crippen molar-refractivity contribution in [3.05, 3.63) is 40.7 Å². The van der Waals surface area contributed by atoms with Gasteiger partial charge in [0.2, 0.25) is 0 Å². The third-order valence-electron chi connectivity index (χ3n) is 3.77. The lowest BCUT2D eigenvalue weighted by Gasteiger charge is -2.33. The van der Waals surface area contributed by atoms with Crippen LogP contribution in [0.1, 0.15) is 12.8 Å². The molecule has 2 N–H and O–H groups in total. The molecule has 6 heteroatoms. The molecule has 0 spiro atoms. The Balaban J connectivity index is 2.12. The predicted molar refractivity (Wildman–Crippen MR) is 77.8 cm³/mol. The number of hydrogen-bond donors (Lipinski definition) is 1. The second-order valence-electron chi connectivity index (χ2n) is 5.13. The van der Waals surface area contributed by atoms with Gasteiger partial charge in [-0.15, -0.1) is 0 Å². The van der Waals surface area contributed by atoms with Gasteiger partial charge in [-0.3, -0.25) is 15.1 Å². The Kier molecular flexibility index (Phi) is 3.23. The lowest BCUT2D eigenvalue weighted by atomic mass is 10.0. The lowest BCUT2D eigenvalue weighted by molar-refractivity contribution is -0.383. The maximum atomic E-state index is 11.1. The van der Waals surface area contributed by atoms with Crippen LogP contribution in [0.2, 0.25) is 0 Å². The smallest absolute Gasteiger partial charge is 0.277 e. The van der Waals surface area contributed by atoms with E-state index in [9.17, 15) is 10.1 Å². The van der Waals surface area contributed by atoms with E-state index in [2.05, 4.69) is 9.88 Å². The highest BCUT2D eigenvalue weighted by atomic mass is 16.6. The highest BCUT2D eigenvalue weighted by molar-refractivity contribution is 5.99. The van der Waals surface area contributed by atoms with Crippen molar-refractivity contribution in [2.45, 2.75) is 18.9 Å². The van der Waals surface area contributed by atoms with Crippen LogP contribution in [0.3, 0.4) is 0 Å². The number of pyridine rings is 1. The fourth-order valence-electron chi connectivity index (χ4n) is 2.82. The number of rotatable bonds is 2. The summed E-state index contributed by atoms with van der Waals surface area (Å²) in [6.07, 6.45) is 5.35. The van der Waals surface area contributed by atoms with Crippen molar-refractivity contribution in [3.63, 3.8) is 0 Å². The van der Waals surface area contributed by atoms with Crippen LogP contribution in [0.5, 0.6) is 0 Å². The van der Waals surface area contributed by atoms with E-state index in [-0.39, 0.29) is 16.7 Å². The van der Waals surface area contributed by atoms with Gasteiger partial charge >= 0.3 is 0 Å². The molecule has 1 unspecified atom stereocenters. The van der Waals surface area contributed by atoms with Crippen molar-refractivity contribution in [2.75, 3.05) is 18.0 Å². The van der Waals surface area contributed by atoms with Crippen molar-refractivity contribution in [3.8, 4) is 0 Å². The zero-order valence-corrected chi connectivity index (χ0v) is 11.0. The molecule has 2 aromatic rings. The molecule has 1 saturated heterocycles. The first-order valence-electron chi connectivity index (χ1n) is 6.68. The lowest BCUT2D eigenvalue weighted by Crippen LogP contribution is -2.42. The number of nitrogens with zero attached hydrogens (tertiary/aromatic N) is 3. The fourth-order valence-corrected chi connectivity index (χ4v) is 2.82. The number of aromatic nitrogens is 1. The molecule has 0 bridgehead atoms. The number of nitro groups is 1. The van der Waals surface area contributed by atoms with Crippen LogP contribution >= 0.6 is 0 Å². The van der Waals surface area contributed by atoms with E-state index in [0.29, 0.717) is 5.39 Å². The third-order valence-corrected chi connectivity index (χ3v) is 3.77. The summed E-state index contributed by atoms with van der Waals surface area (Å²) >= 11 is 0. The predicted octanol–water partition coefficient (Wildman–Crippen LogP) is 2.07. The zero-order chi connectivity index (χ0) is 14.1. The minimum atomic E-state index is -0.353. The van der Waals surface area contributed by atoms with Gasteiger partial charge < -0.3 is 10.6 Å². The topological polar surface area (TPSA) is 85.3 Å². The Labute approximate surface area is 116 Å². The molecule has 20 heavy (non-hydrogen) atoms. The molecule has 1 aromatic heterocycles. The molecule has 1 aliphatic rings. The van der Waals surface area contributed by atoms with E-state index < -0.39 is 0 Å². The molecule has 0 saturated carbocycles. The largest absolute Gasteiger partial charge is 0.369 e. The second-order valence-corrected chi connectivity index (χ2v) is 5.13. The van der Waals surface area contributed by atoms with Crippen LogP contribution in [-0.2, 0) is 0 Å². The van der Waals surface area contributed by atoms with Crippen LogP contribution in [0.25, 0.3) is 10.8 Å². The number of non-ortho nitro benzene ring substituents is 1. The van der Waals surface area contributed by atoms with Crippen molar-refractivity contribution >= 4 is 22.1 Å². The van der Waals surface area contributed by atoms with E-state index in [1.807, 2.05) is 0 Å². The number of anilines is 1. The Morgan fingerprint density at radius 2 is 2.20 bits per heavy atom. The van der Waals surface area contributed by atoms with Crippen LogP contribution in [0.4, 0.5) is 11.4 Å². The quantitative estimate of drug-likeness (QED) is 0.668. The monoisotopic (exact) mass is 272 g/mol. The number of nitro benzene ring substituents is 1. The number of nitrogens with two attached hydrogens (primary N) is 1. The summed E-state index contributed by atoms with van der Waals surface area (Å²) in [6, 6.07) is 5.23. The molecule has 0 aliphatic carbocycles. The summed E-state index contributed by atoms with van der Waals surface area (Å²) < 4.78 is 0. The van der Waals surface area contributed by atoms with Gasteiger partial charge in [0.15, 0.2) is 0 Å². The molecule has 6 nitrogen and oxygen atoms in total. The Morgan fingerprint density at radius 3 is 2.95 bits per heavy atom. The number of hydrogen-bond acceptors (Lipinski definition) is 5. The number of piperidine rings is 1. The van der Waals surface area contributed by atoms with Crippen molar-refractivity contribution in [1.29, 1.82) is 0 Å². The third kappa shape index (κ3) is 2.18. The van der Waals surface area contributed by atoms with Crippen molar-refractivity contribution in [1.82, 2.24) is 4.98 Å². The Hall–Kier alpha value is -2.21. The van der Waals surface area contributed by atoms with Gasteiger partial charge in [0.05, 0.1) is 10.3 Å². The maximum absolute atomic E-state index is 11.1. The molecule has 1 fully saturated rings. The van der Waals surface area contributed by atoms with E-state index in [4.69, 9.17) is 5.73 Å². The van der Waals surface area contributed by atoms with Gasteiger partial charge in [-0.1, -0.05) is 0 Å². The van der Waals surface area contributed by atoms with Crippen molar-refractivity contribution < 1.29 is 4.92 Å². The average Bonchev–Trinajstić information content (AvgIpc) is 2.46. The van der Waals surface area contributed by atoms with Crippen LogP contribution in [-0.4, -0.2) is 29.0 Å². The summed E-state index contributed by atoms with van der Waals surface area (Å²) in [5.74, 6) is 0. The molecular formula is C14H16N4O2. The van der Waals surface area contributed by atoms with E-state index in [1.165, 1.54) is 0 Å². The minimum Gasteiger partial charge on any atom is -0.369 e. The van der Waals surface area contributed by atoms with Gasteiger partial charge in [0, 0.05) is 48.7 Å². The highest BCUT2D eigenvalue weighted by Crippen LogP contribution is 2.33. The first-order valence-corrected chi connectivity index (χ1v) is 6.68. The first kappa shape index (κ1) is 12.8. The van der Waals surface area contributed by atoms with Gasteiger partial charge in [-0.25, -0.2) is 0 Å². The van der Waals surface area contributed by atoms with E-state index in [1.54, 1.807) is 30.6 Å². The van der Waals surface area contributed by atoms with E-state index >= 15 is 0 Å². The second kappa shape index (κ2) is 5.05. The molecule has 1 aliphatic heterocycles. The molecule has 2 heterocycles. The molecule has 0 radical (unpaired) electrons. The number of fused-ring (bicyclic) bond motifs is 1. The highest BCUT2D eigenvalue weighted by Gasteiger charge is 2.21. The average molecular weight is 272 g/mol. The standard InChI is InChI=1S/C14H16N4O2/c15-10-2-1-7-17(9-10)13-3-4-14(18(19)20)11-5-6-16-8-12(11)13/h3-6,8,10H,1-2,7,9,15H2. The molecule has 1 aromatic carbocycles. The molecule has 0 amide bonds. The molecular weight excluding hydrogens is 256 g/mol. The van der Waals surface area contributed by atoms with Crippen LogP contribution < -0.4 is 10.6 Å². The minimum absolute atomic E-state index is 0.118. The normalized spacial score (nSPS) is 19.2. The Bertz CT molecular complexity index is 659. The Morgan fingerprint density at radius 1 is 1.35 bits per heavy atom. The fraction of sp³-hybridized carbons (Fsp3) is 0.357. The number of benzene rings is 1. The van der Waals surface area contributed by atoms with E-state index in [0.717, 1.165) is 37.0 Å². The van der Waals surface area contributed by atoms with Crippen molar-refractivity contribution in [2.24, 2.45) is 5.73 Å². The summed E-state index contributed by atoms with van der Waals surface area (Å²) in [5.41, 5.74) is 7.12. The SMILES string of the molecule is NC1CCCN(c2ccc([N+](=O)[O-])c3ccncc23)C1. The molecule has 3 rings (SSSR count). The van der Waals surface area contributed by atoms with Crippen LogP contribution in [0, 0.1) is 10.1 Å².